The smallest absolute Gasteiger partial charge is 0.142 e. The molecule has 2 rings (SSSR count). The van der Waals surface area contributed by atoms with Gasteiger partial charge in [0.25, 0.3) is 0 Å². The van der Waals surface area contributed by atoms with Crippen molar-refractivity contribution in [3.63, 3.8) is 0 Å². The van der Waals surface area contributed by atoms with Crippen molar-refractivity contribution in [1.29, 1.82) is 0 Å². The fourth-order valence-electron chi connectivity index (χ4n) is 2.90. The highest BCUT2D eigenvalue weighted by molar-refractivity contribution is 5.85. The maximum Gasteiger partial charge on any atom is 0.142 e. The quantitative estimate of drug-likeness (QED) is 0.808. The Bertz CT molecular complexity index is 482. The Hall–Kier alpha value is -1.01. The van der Waals surface area contributed by atoms with Crippen LogP contribution in [0.15, 0.2) is 24.3 Å². The Labute approximate surface area is 153 Å². The molecule has 1 saturated heterocycles. The first-order chi connectivity index (χ1) is 10.8. The van der Waals surface area contributed by atoms with Crippen LogP contribution in [-0.2, 0) is 0 Å². The number of para-hydroxylation sites is 2. The number of likely N-dealkylation sites (N-methyl/N-ethyl adjacent to an activating group) is 1. The van der Waals surface area contributed by atoms with Crippen LogP contribution in [0.3, 0.4) is 0 Å². The molecule has 1 aromatic carbocycles. The second kappa shape index (κ2) is 9.47. The molecule has 0 aromatic heterocycles. The van der Waals surface area contributed by atoms with Crippen LogP contribution in [0.25, 0.3) is 0 Å². The maximum atomic E-state index is 6.14. The first-order valence-electron chi connectivity index (χ1n) is 8.48. The summed E-state index contributed by atoms with van der Waals surface area (Å²) in [5, 5.41) is 0. The third-order valence-corrected chi connectivity index (χ3v) is 4.01. The molecule has 1 fully saturated rings. The molecule has 1 heterocycles. The summed E-state index contributed by atoms with van der Waals surface area (Å²) >= 11 is 0. The first kappa shape index (κ1) is 21.0. The fraction of sp³-hybridized carbons (Fsp3) is 0.667. The van der Waals surface area contributed by atoms with Gasteiger partial charge in [-0.25, -0.2) is 0 Å². The summed E-state index contributed by atoms with van der Waals surface area (Å²) in [5.41, 5.74) is 7.21. The van der Waals surface area contributed by atoms with E-state index in [9.17, 15) is 0 Å². The highest BCUT2D eigenvalue weighted by Gasteiger charge is 2.23. The van der Waals surface area contributed by atoms with E-state index in [1.54, 1.807) is 0 Å². The molecule has 138 valence electrons. The van der Waals surface area contributed by atoms with Crippen LogP contribution in [-0.4, -0.2) is 75.3 Å². The van der Waals surface area contributed by atoms with E-state index < -0.39 is 0 Å². The topological polar surface area (TPSA) is 45.0 Å². The summed E-state index contributed by atoms with van der Waals surface area (Å²) < 4.78 is 5.99. The van der Waals surface area contributed by atoms with Gasteiger partial charge in [-0.15, -0.1) is 12.4 Å². The van der Waals surface area contributed by atoms with Crippen LogP contribution in [0.5, 0.6) is 5.75 Å². The third kappa shape index (κ3) is 6.85. The molecular weight excluding hydrogens is 324 g/mol. The number of anilines is 1. The summed E-state index contributed by atoms with van der Waals surface area (Å²) in [6.07, 6.45) is 0. The van der Waals surface area contributed by atoms with Crippen molar-refractivity contribution in [1.82, 2.24) is 9.80 Å². The Balaban J connectivity index is 0.00000288. The number of piperazine rings is 1. The minimum Gasteiger partial charge on any atom is -0.490 e. The van der Waals surface area contributed by atoms with E-state index in [1.165, 1.54) is 5.69 Å². The number of hydrogen-bond donors (Lipinski definition) is 1. The van der Waals surface area contributed by atoms with E-state index in [2.05, 4.69) is 60.8 Å². The normalized spacial score (nSPS) is 16.2. The fourth-order valence-corrected chi connectivity index (χ4v) is 2.90. The second-order valence-corrected chi connectivity index (χ2v) is 7.37. The molecule has 0 atom stereocenters. The highest BCUT2D eigenvalue weighted by Crippen LogP contribution is 2.28. The lowest BCUT2D eigenvalue weighted by atomic mass is 10.1. The summed E-state index contributed by atoms with van der Waals surface area (Å²) in [7, 11) is 4.13. The van der Waals surface area contributed by atoms with Crippen molar-refractivity contribution in [2.75, 3.05) is 64.9 Å². The predicted molar refractivity (Wildman–Crippen MR) is 105 cm³/mol. The minimum atomic E-state index is -0.130. The Kier molecular flexibility index (Phi) is 8.30. The van der Waals surface area contributed by atoms with E-state index in [-0.39, 0.29) is 17.9 Å². The summed E-state index contributed by atoms with van der Waals surface area (Å²) in [5.74, 6) is 0.988. The third-order valence-electron chi connectivity index (χ3n) is 4.01. The van der Waals surface area contributed by atoms with Crippen LogP contribution in [0.4, 0.5) is 5.69 Å². The summed E-state index contributed by atoms with van der Waals surface area (Å²) in [6, 6.07) is 8.36. The van der Waals surface area contributed by atoms with Crippen molar-refractivity contribution in [3.8, 4) is 5.75 Å². The van der Waals surface area contributed by atoms with Gasteiger partial charge in [-0.1, -0.05) is 12.1 Å². The van der Waals surface area contributed by atoms with Gasteiger partial charge < -0.3 is 20.3 Å². The molecule has 0 amide bonds. The van der Waals surface area contributed by atoms with Crippen molar-refractivity contribution >= 4 is 18.1 Å². The molecule has 24 heavy (non-hydrogen) atoms. The lowest BCUT2D eigenvalue weighted by Gasteiger charge is -2.39. The van der Waals surface area contributed by atoms with Gasteiger partial charge in [0.05, 0.1) is 5.69 Å². The lowest BCUT2D eigenvalue weighted by molar-refractivity contribution is 0.213. The molecule has 0 unspecified atom stereocenters. The summed E-state index contributed by atoms with van der Waals surface area (Å²) in [6.45, 7) is 10.9. The SMILES string of the molecule is CN(C)CCOc1ccccc1N1CCN(CC(C)(C)N)CC1.Cl. The van der Waals surface area contributed by atoms with Gasteiger partial charge in [-0.05, 0) is 40.1 Å². The molecule has 1 aliphatic heterocycles. The zero-order valence-corrected chi connectivity index (χ0v) is 16.3. The van der Waals surface area contributed by atoms with Gasteiger partial charge in [0.2, 0.25) is 0 Å². The van der Waals surface area contributed by atoms with Crippen LogP contribution < -0.4 is 15.4 Å². The van der Waals surface area contributed by atoms with Crippen molar-refractivity contribution in [2.24, 2.45) is 5.73 Å². The Morgan fingerprint density at radius 1 is 1.12 bits per heavy atom. The predicted octanol–water partition coefficient (Wildman–Crippen LogP) is 1.91. The van der Waals surface area contributed by atoms with E-state index in [1.807, 2.05) is 6.07 Å². The van der Waals surface area contributed by atoms with Gasteiger partial charge in [0.15, 0.2) is 0 Å². The van der Waals surface area contributed by atoms with Gasteiger partial charge in [0.1, 0.15) is 12.4 Å². The zero-order valence-electron chi connectivity index (χ0n) is 15.5. The molecule has 5 nitrogen and oxygen atoms in total. The average Bonchev–Trinajstić information content (AvgIpc) is 2.47. The van der Waals surface area contributed by atoms with Gasteiger partial charge >= 0.3 is 0 Å². The first-order valence-corrected chi connectivity index (χ1v) is 8.48. The van der Waals surface area contributed by atoms with E-state index >= 15 is 0 Å². The molecule has 6 heteroatoms. The monoisotopic (exact) mass is 356 g/mol. The van der Waals surface area contributed by atoms with E-state index in [4.69, 9.17) is 10.5 Å². The highest BCUT2D eigenvalue weighted by atomic mass is 35.5. The number of nitrogens with zero attached hydrogens (tertiary/aromatic N) is 3. The molecular formula is C18H33ClN4O. The lowest BCUT2D eigenvalue weighted by Crippen LogP contribution is -2.53. The van der Waals surface area contributed by atoms with Gasteiger partial charge in [-0.2, -0.15) is 0 Å². The number of hydrogen-bond acceptors (Lipinski definition) is 5. The van der Waals surface area contributed by atoms with Gasteiger partial charge in [-0.3, -0.25) is 4.90 Å². The van der Waals surface area contributed by atoms with Crippen LogP contribution >= 0.6 is 12.4 Å². The average molecular weight is 357 g/mol. The van der Waals surface area contributed by atoms with Crippen molar-refractivity contribution in [3.05, 3.63) is 24.3 Å². The number of rotatable bonds is 7. The van der Waals surface area contributed by atoms with Crippen LogP contribution in [0.2, 0.25) is 0 Å². The number of ether oxygens (including phenoxy) is 1. The van der Waals surface area contributed by atoms with E-state index in [0.29, 0.717) is 6.61 Å². The molecule has 2 N–H and O–H groups in total. The standard InChI is InChI=1S/C18H32N4O.ClH/c1-18(2,19)15-21-9-11-22(12-10-21)16-7-5-6-8-17(16)23-14-13-20(3)4;/h5-8H,9-15,19H2,1-4H3;1H. The molecule has 0 saturated carbocycles. The molecule has 0 spiro atoms. The van der Waals surface area contributed by atoms with E-state index in [0.717, 1.165) is 45.0 Å². The Morgan fingerprint density at radius 3 is 2.33 bits per heavy atom. The molecule has 0 radical (unpaired) electrons. The molecule has 1 aromatic rings. The van der Waals surface area contributed by atoms with Crippen molar-refractivity contribution in [2.45, 2.75) is 19.4 Å². The zero-order chi connectivity index (χ0) is 16.9. The van der Waals surface area contributed by atoms with Crippen molar-refractivity contribution < 1.29 is 4.74 Å². The molecule has 1 aliphatic rings. The van der Waals surface area contributed by atoms with Crippen LogP contribution in [0.1, 0.15) is 13.8 Å². The number of halogens is 1. The summed E-state index contributed by atoms with van der Waals surface area (Å²) in [4.78, 5) is 7.01. The molecule has 0 bridgehead atoms. The van der Waals surface area contributed by atoms with Gasteiger partial charge in [0, 0.05) is 44.8 Å². The molecule has 0 aliphatic carbocycles. The number of nitrogens with two attached hydrogens (primary N) is 1. The number of benzene rings is 1. The van der Waals surface area contributed by atoms with Crippen LogP contribution in [0, 0.1) is 0 Å². The second-order valence-electron chi connectivity index (χ2n) is 7.37. The Morgan fingerprint density at radius 2 is 1.75 bits per heavy atom. The minimum absolute atomic E-state index is 0. The maximum absolute atomic E-state index is 6.14. The largest absolute Gasteiger partial charge is 0.490 e.